The van der Waals surface area contributed by atoms with Crippen molar-refractivity contribution < 1.29 is 76.4 Å². The molecule has 0 saturated heterocycles. The number of aromatic nitrogens is 2. The van der Waals surface area contributed by atoms with Crippen LogP contribution in [0.1, 0.15) is 25.7 Å². The van der Waals surface area contributed by atoms with E-state index < -0.39 is 20.5 Å². The van der Waals surface area contributed by atoms with Crippen LogP contribution in [0, 0.1) is 20.5 Å². The van der Waals surface area contributed by atoms with Crippen molar-refractivity contribution in [3.63, 3.8) is 0 Å². The summed E-state index contributed by atoms with van der Waals surface area (Å²) in [6.45, 7) is 1.84. The number of hydrogen-bond donors (Lipinski definition) is 0. The first-order valence-corrected chi connectivity index (χ1v) is 24.0. The highest BCUT2D eigenvalue weighted by Crippen LogP contribution is 2.32. The molecule has 2 aromatic heterocycles. The minimum Gasteiger partial charge on any atom is -0.497 e. The van der Waals surface area contributed by atoms with Crippen molar-refractivity contribution in [3.8, 4) is 78.8 Å². The fraction of sp³-hybridized carbons (Fsp3) is 0.148. The minimum atomic E-state index is -4.94. The molecule has 0 fully saturated rings. The van der Waals surface area contributed by atoms with Gasteiger partial charge in [-0.1, -0.05) is 97.1 Å². The maximum atomic E-state index is 8.49. The number of ether oxygens (including phenoxy) is 2. The van der Waals surface area contributed by atoms with Crippen LogP contribution in [0.15, 0.2) is 194 Å². The van der Waals surface area contributed by atoms with Crippen LogP contribution in [0.25, 0.3) is 67.3 Å². The predicted octanol–water partition coefficient (Wildman–Crippen LogP) is 3.03. The Morgan fingerprint density at radius 3 is 0.765 bits per heavy atom. The molecule has 0 bridgehead atoms. The van der Waals surface area contributed by atoms with E-state index in [1.165, 1.54) is 67.3 Å². The van der Waals surface area contributed by atoms with Crippen molar-refractivity contribution >= 4 is 0 Å². The molecule has 2 heterocycles. The molecule has 14 heteroatoms. The summed E-state index contributed by atoms with van der Waals surface area (Å²) in [5, 5.41) is 0. The lowest BCUT2D eigenvalue weighted by Crippen LogP contribution is -2.68. The maximum absolute atomic E-state index is 8.49. The Morgan fingerprint density at radius 1 is 0.309 bits per heavy atom. The second-order valence-corrected chi connectivity index (χ2v) is 16.9. The quantitative estimate of drug-likeness (QED) is 0.108. The molecule has 350 valence electrons. The fourth-order valence-corrected chi connectivity index (χ4v) is 7.91. The van der Waals surface area contributed by atoms with E-state index in [1.54, 1.807) is 14.2 Å². The highest BCUT2D eigenvalue weighted by molar-refractivity contribution is 5.75. The van der Waals surface area contributed by atoms with Crippen LogP contribution in [-0.2, 0) is 13.1 Å². The van der Waals surface area contributed by atoms with Crippen LogP contribution >= 0.6 is 0 Å². The van der Waals surface area contributed by atoms with Gasteiger partial charge in [0.05, 0.1) is 14.2 Å². The van der Waals surface area contributed by atoms with E-state index in [2.05, 4.69) is 179 Å². The standard InChI is InChI=1S/C54H50N2O2.2ClHO4/c1-57-49-31-27-41(28-32-49)47-37-51(43-19-9-5-10-20-43)55(52(38-47)44-21-11-6-12-22-44)35-17-3-4-18-36-56-53(45-23-13-7-14-24-45)39-48(42-29-33-50(58-2)34-30-42)40-54(56)46-25-15-8-16-26-46;2*2-1(3,4)5/h5-16,19-34,37-40H,3-4,17-18,35-36H2,1-2H3;2*(H,2,3,4,5)/q+2;;/p-2. The van der Waals surface area contributed by atoms with E-state index >= 15 is 0 Å². The molecule has 0 radical (unpaired) electrons. The Labute approximate surface area is 400 Å². The van der Waals surface area contributed by atoms with Gasteiger partial charge in [-0.2, -0.15) is 9.13 Å². The Kier molecular flexibility index (Phi) is 18.3. The second kappa shape index (κ2) is 24.5. The average Bonchev–Trinajstić information content (AvgIpc) is 3.35. The van der Waals surface area contributed by atoms with Gasteiger partial charge in [0.1, 0.15) is 24.6 Å². The number of benzene rings is 6. The molecule has 0 atom stereocenters. The van der Waals surface area contributed by atoms with E-state index in [9.17, 15) is 0 Å². The molecule has 0 aliphatic carbocycles. The first-order valence-electron chi connectivity index (χ1n) is 21.6. The average molecular weight is 958 g/mol. The largest absolute Gasteiger partial charge is 0.497 e. The summed E-state index contributed by atoms with van der Waals surface area (Å²) in [5.74, 6) is 1.72. The SMILES string of the molecule is COc1ccc(-c2cc(-c3ccccc3)[n+](CCCCCC[n+]3c(-c4ccccc4)cc(-c4ccc(OC)cc4)cc3-c3ccccc3)c(-c3ccccc3)c2)cc1.[O-][Cl+3]([O-])([O-])[O-].[O-][Cl+3]([O-])([O-])[O-]. The van der Waals surface area contributed by atoms with Gasteiger partial charge in [-0.05, 0) is 108 Å². The summed E-state index contributed by atoms with van der Waals surface area (Å²) in [6, 6.07) is 69.5. The molecule has 0 aliphatic rings. The van der Waals surface area contributed by atoms with Crippen molar-refractivity contribution in [2.45, 2.75) is 38.8 Å². The molecular formula is C54H50Cl2N2O10. The van der Waals surface area contributed by atoms with Crippen LogP contribution in [0.2, 0.25) is 0 Å². The van der Waals surface area contributed by atoms with Gasteiger partial charge in [0.2, 0.25) is 22.8 Å². The molecule has 0 aliphatic heterocycles. The summed E-state index contributed by atoms with van der Waals surface area (Å²) in [4.78, 5) is 0. The van der Waals surface area contributed by atoms with Crippen LogP contribution in [-0.4, -0.2) is 14.2 Å². The third kappa shape index (κ3) is 15.5. The first kappa shape index (κ1) is 50.9. The Morgan fingerprint density at radius 2 is 0.544 bits per heavy atom. The van der Waals surface area contributed by atoms with Gasteiger partial charge in [-0.25, -0.2) is 37.3 Å². The Bertz CT molecular complexity index is 2450. The van der Waals surface area contributed by atoms with Crippen LogP contribution < -0.4 is 55.9 Å². The summed E-state index contributed by atoms with van der Waals surface area (Å²) < 4.78 is 84.0. The van der Waals surface area contributed by atoms with E-state index in [-0.39, 0.29) is 0 Å². The lowest BCUT2D eigenvalue weighted by molar-refractivity contribution is -2.00. The summed E-state index contributed by atoms with van der Waals surface area (Å²) in [5.41, 5.74) is 14.5. The van der Waals surface area contributed by atoms with Crippen LogP contribution in [0.5, 0.6) is 11.5 Å². The van der Waals surface area contributed by atoms with E-state index in [0.29, 0.717) is 0 Å². The monoisotopic (exact) mass is 956 g/mol. The molecule has 68 heavy (non-hydrogen) atoms. The van der Waals surface area contributed by atoms with E-state index in [1.807, 2.05) is 24.3 Å². The van der Waals surface area contributed by atoms with Gasteiger partial charge < -0.3 is 9.47 Å². The van der Waals surface area contributed by atoms with E-state index in [4.69, 9.17) is 46.7 Å². The van der Waals surface area contributed by atoms with Crippen LogP contribution in [0.3, 0.4) is 0 Å². The van der Waals surface area contributed by atoms with Crippen molar-refractivity contribution in [1.29, 1.82) is 0 Å². The molecule has 8 rings (SSSR count). The molecule has 0 saturated carbocycles. The normalized spacial score (nSPS) is 11.1. The molecule has 6 aromatic carbocycles. The smallest absolute Gasteiger partial charge is 0.213 e. The van der Waals surface area contributed by atoms with Crippen molar-refractivity contribution in [2.24, 2.45) is 0 Å². The van der Waals surface area contributed by atoms with Gasteiger partial charge in [-0.3, -0.25) is 0 Å². The topological polar surface area (TPSA) is 211 Å². The maximum Gasteiger partial charge on any atom is 0.213 e. The van der Waals surface area contributed by atoms with Gasteiger partial charge in [0.25, 0.3) is 0 Å². The highest BCUT2D eigenvalue weighted by atomic mass is 35.7. The zero-order valence-corrected chi connectivity index (χ0v) is 39.0. The summed E-state index contributed by atoms with van der Waals surface area (Å²) >= 11 is 0. The zero-order chi connectivity index (χ0) is 48.5. The molecule has 0 amide bonds. The highest BCUT2D eigenvalue weighted by Gasteiger charge is 2.24. The van der Waals surface area contributed by atoms with Crippen molar-refractivity contribution in [1.82, 2.24) is 0 Å². The Hall–Kier alpha value is -6.52. The fourth-order valence-electron chi connectivity index (χ4n) is 7.91. The second-order valence-electron chi connectivity index (χ2n) is 15.4. The van der Waals surface area contributed by atoms with Gasteiger partial charge in [0.15, 0.2) is 0 Å². The van der Waals surface area contributed by atoms with Crippen LogP contribution in [0.4, 0.5) is 0 Å². The number of hydrogen-bond acceptors (Lipinski definition) is 10. The lowest BCUT2D eigenvalue weighted by Gasteiger charge is -2.17. The molecule has 8 aromatic rings. The minimum absolute atomic E-state index is 0.859. The number of rotatable bonds is 15. The Balaban J connectivity index is 0.000000691. The molecule has 12 nitrogen and oxygen atoms in total. The van der Waals surface area contributed by atoms with Gasteiger partial charge in [0, 0.05) is 59.4 Å². The molecule has 0 N–H and O–H groups in total. The third-order valence-corrected chi connectivity index (χ3v) is 11.0. The first-order chi connectivity index (χ1) is 32.7. The number of nitrogens with zero attached hydrogens (tertiary/aromatic N) is 2. The summed E-state index contributed by atoms with van der Waals surface area (Å²) in [7, 11) is -6.46. The van der Waals surface area contributed by atoms with Crippen molar-refractivity contribution in [3.05, 3.63) is 194 Å². The van der Waals surface area contributed by atoms with Crippen molar-refractivity contribution in [2.75, 3.05) is 14.2 Å². The number of methoxy groups -OCH3 is 2. The zero-order valence-electron chi connectivity index (χ0n) is 37.5. The summed E-state index contributed by atoms with van der Waals surface area (Å²) in [6.07, 6.45) is 4.40. The lowest BCUT2D eigenvalue weighted by atomic mass is 9.98. The van der Waals surface area contributed by atoms with Gasteiger partial charge >= 0.3 is 0 Å². The predicted molar refractivity (Wildman–Crippen MR) is 237 cm³/mol. The third-order valence-electron chi connectivity index (χ3n) is 11.0. The molecule has 0 unspecified atom stereocenters. The van der Waals surface area contributed by atoms with E-state index in [0.717, 1.165) is 50.3 Å². The van der Waals surface area contributed by atoms with Gasteiger partial charge in [-0.15, -0.1) is 20.5 Å². The molecular weight excluding hydrogens is 908 g/mol. The number of pyridine rings is 2. The number of unbranched alkanes of at least 4 members (excludes halogenated alkanes) is 3. The molecule has 0 spiro atoms. The number of halogens is 2.